The van der Waals surface area contributed by atoms with Crippen LogP contribution in [-0.4, -0.2) is 21.9 Å². The number of nitrogens with zero attached hydrogens (tertiary/aromatic N) is 2. The number of benzene rings is 1. The topological polar surface area (TPSA) is 51.3 Å². The Hall–Kier alpha value is -1.75. The minimum Gasteiger partial charge on any atom is -0.398 e. The number of carbonyl (C=O) groups is 1. The molecule has 0 saturated heterocycles. The summed E-state index contributed by atoms with van der Waals surface area (Å²) in [6.45, 7) is 5.70. The molecular formula is C16H18BrN3O. The molecule has 1 amide bonds. The van der Waals surface area contributed by atoms with E-state index in [1.165, 1.54) is 11.4 Å². The molecular weight excluding hydrogens is 330 g/mol. The Morgan fingerprint density at radius 1 is 1.29 bits per heavy atom. The molecule has 1 aromatic heterocycles. The Morgan fingerprint density at radius 3 is 2.76 bits per heavy atom. The zero-order valence-corrected chi connectivity index (χ0v) is 13.7. The largest absolute Gasteiger partial charge is 0.398 e. The van der Waals surface area contributed by atoms with E-state index in [1.807, 2.05) is 11.0 Å². The average Bonchev–Trinajstić information content (AvgIpc) is 2.81. The zero-order valence-electron chi connectivity index (χ0n) is 12.1. The van der Waals surface area contributed by atoms with Gasteiger partial charge in [0.25, 0.3) is 5.91 Å². The van der Waals surface area contributed by atoms with E-state index in [-0.39, 0.29) is 11.9 Å². The molecule has 0 saturated carbocycles. The van der Waals surface area contributed by atoms with Crippen LogP contribution in [0.3, 0.4) is 0 Å². The van der Waals surface area contributed by atoms with E-state index in [0.29, 0.717) is 17.8 Å². The predicted molar refractivity (Wildman–Crippen MR) is 87.2 cm³/mol. The molecule has 1 aliphatic heterocycles. The van der Waals surface area contributed by atoms with Gasteiger partial charge in [0.15, 0.2) is 0 Å². The summed E-state index contributed by atoms with van der Waals surface area (Å²) in [4.78, 5) is 14.7. The molecule has 21 heavy (non-hydrogen) atoms. The smallest absolute Gasteiger partial charge is 0.256 e. The first-order chi connectivity index (χ1) is 9.99. The standard InChI is InChI=1S/C16H18BrN3O/c1-10-3-6-15-11(2)20(8-7-19(10)15)16(21)13-5-4-12(17)9-14(13)18/h3-6,9,11H,7-8,18H2,1-2H3. The number of hydrogen-bond donors (Lipinski definition) is 1. The molecule has 0 bridgehead atoms. The van der Waals surface area contributed by atoms with Crippen molar-refractivity contribution in [2.75, 3.05) is 12.3 Å². The van der Waals surface area contributed by atoms with Crippen molar-refractivity contribution in [1.29, 1.82) is 0 Å². The van der Waals surface area contributed by atoms with Crippen LogP contribution in [0.15, 0.2) is 34.8 Å². The van der Waals surface area contributed by atoms with Crippen molar-refractivity contribution in [3.8, 4) is 0 Å². The summed E-state index contributed by atoms with van der Waals surface area (Å²) in [6, 6.07) is 9.67. The quantitative estimate of drug-likeness (QED) is 0.804. The molecule has 5 heteroatoms. The van der Waals surface area contributed by atoms with Gasteiger partial charge in [0.1, 0.15) is 0 Å². The Kier molecular flexibility index (Phi) is 3.53. The third-order valence-corrected chi connectivity index (χ3v) is 4.69. The molecule has 0 radical (unpaired) electrons. The molecule has 2 heterocycles. The summed E-state index contributed by atoms with van der Waals surface area (Å²) in [5.41, 5.74) is 9.50. The normalized spacial score (nSPS) is 17.7. The minimum absolute atomic E-state index is 0.00222. The van der Waals surface area contributed by atoms with Crippen molar-refractivity contribution < 1.29 is 4.79 Å². The summed E-state index contributed by atoms with van der Waals surface area (Å²) >= 11 is 3.37. The Bertz CT molecular complexity index is 708. The molecule has 1 aliphatic rings. The number of aromatic nitrogens is 1. The van der Waals surface area contributed by atoms with Crippen molar-refractivity contribution >= 4 is 27.5 Å². The van der Waals surface area contributed by atoms with Crippen molar-refractivity contribution in [1.82, 2.24) is 9.47 Å². The zero-order chi connectivity index (χ0) is 15.1. The highest BCUT2D eigenvalue weighted by molar-refractivity contribution is 9.10. The van der Waals surface area contributed by atoms with Crippen LogP contribution < -0.4 is 5.73 Å². The number of amides is 1. The van der Waals surface area contributed by atoms with Crippen LogP contribution in [0.1, 0.15) is 34.7 Å². The van der Waals surface area contributed by atoms with Crippen LogP contribution in [0, 0.1) is 6.92 Å². The van der Waals surface area contributed by atoms with E-state index in [4.69, 9.17) is 5.73 Å². The van der Waals surface area contributed by atoms with Gasteiger partial charge in [-0.1, -0.05) is 15.9 Å². The fraction of sp³-hybridized carbons (Fsp3) is 0.312. The lowest BCUT2D eigenvalue weighted by atomic mass is 10.1. The van der Waals surface area contributed by atoms with Crippen molar-refractivity contribution in [2.24, 2.45) is 0 Å². The van der Waals surface area contributed by atoms with Crippen LogP contribution in [-0.2, 0) is 6.54 Å². The van der Waals surface area contributed by atoms with Gasteiger partial charge in [0, 0.05) is 34.6 Å². The van der Waals surface area contributed by atoms with Gasteiger partial charge in [-0.2, -0.15) is 0 Å². The Morgan fingerprint density at radius 2 is 2.05 bits per heavy atom. The van der Waals surface area contributed by atoms with Crippen LogP contribution in [0.2, 0.25) is 0 Å². The van der Waals surface area contributed by atoms with Crippen LogP contribution >= 0.6 is 15.9 Å². The Balaban J connectivity index is 1.93. The second-order valence-electron chi connectivity index (χ2n) is 5.46. The highest BCUT2D eigenvalue weighted by atomic mass is 79.9. The molecule has 1 aromatic carbocycles. The number of nitrogen functional groups attached to an aromatic ring is 1. The van der Waals surface area contributed by atoms with Gasteiger partial charge in [-0.15, -0.1) is 0 Å². The molecule has 2 aromatic rings. The molecule has 1 unspecified atom stereocenters. The maximum absolute atomic E-state index is 12.8. The maximum atomic E-state index is 12.8. The van der Waals surface area contributed by atoms with Crippen molar-refractivity contribution in [3.05, 3.63) is 51.8 Å². The summed E-state index contributed by atoms with van der Waals surface area (Å²) in [7, 11) is 0. The third kappa shape index (κ3) is 2.35. The fourth-order valence-corrected chi connectivity index (χ4v) is 3.36. The number of hydrogen-bond acceptors (Lipinski definition) is 2. The number of fused-ring (bicyclic) bond motifs is 1. The predicted octanol–water partition coefficient (Wildman–Crippen LogP) is 3.36. The molecule has 2 N–H and O–H groups in total. The Labute approximate surface area is 132 Å². The van der Waals surface area contributed by atoms with Crippen LogP contribution in [0.5, 0.6) is 0 Å². The van der Waals surface area contributed by atoms with Crippen LogP contribution in [0.25, 0.3) is 0 Å². The second kappa shape index (κ2) is 5.22. The lowest BCUT2D eigenvalue weighted by Gasteiger charge is -2.35. The highest BCUT2D eigenvalue weighted by Gasteiger charge is 2.29. The summed E-state index contributed by atoms with van der Waals surface area (Å²) < 4.78 is 3.16. The van der Waals surface area contributed by atoms with E-state index in [2.05, 4.69) is 46.5 Å². The number of nitrogens with two attached hydrogens (primary N) is 1. The van der Waals surface area contributed by atoms with Gasteiger partial charge in [-0.3, -0.25) is 4.79 Å². The molecule has 1 atom stereocenters. The molecule has 3 rings (SSSR count). The molecule has 0 spiro atoms. The molecule has 4 nitrogen and oxygen atoms in total. The number of anilines is 1. The molecule has 0 fully saturated rings. The van der Waals surface area contributed by atoms with Crippen molar-refractivity contribution in [2.45, 2.75) is 26.4 Å². The van der Waals surface area contributed by atoms with E-state index in [9.17, 15) is 4.79 Å². The van der Waals surface area contributed by atoms with Gasteiger partial charge in [0.05, 0.1) is 11.6 Å². The minimum atomic E-state index is -0.00222. The average molecular weight is 348 g/mol. The number of rotatable bonds is 1. The SMILES string of the molecule is Cc1ccc2n1CCN(C(=O)c1ccc(Br)cc1N)C2C. The lowest BCUT2D eigenvalue weighted by Crippen LogP contribution is -2.41. The highest BCUT2D eigenvalue weighted by Crippen LogP contribution is 2.30. The van der Waals surface area contributed by atoms with Crippen LogP contribution in [0.4, 0.5) is 5.69 Å². The van der Waals surface area contributed by atoms with E-state index in [1.54, 1.807) is 12.1 Å². The number of halogens is 1. The third-order valence-electron chi connectivity index (χ3n) is 4.20. The maximum Gasteiger partial charge on any atom is 0.256 e. The van der Waals surface area contributed by atoms with Gasteiger partial charge in [-0.05, 0) is 44.2 Å². The van der Waals surface area contributed by atoms with Gasteiger partial charge < -0.3 is 15.2 Å². The monoisotopic (exact) mass is 347 g/mol. The summed E-state index contributed by atoms with van der Waals surface area (Å²) in [6.07, 6.45) is 0. The van der Waals surface area contributed by atoms with E-state index >= 15 is 0 Å². The fourth-order valence-electron chi connectivity index (χ4n) is 2.98. The first kappa shape index (κ1) is 14.2. The molecule has 0 aliphatic carbocycles. The number of carbonyl (C=O) groups excluding carboxylic acids is 1. The van der Waals surface area contributed by atoms with E-state index < -0.39 is 0 Å². The van der Waals surface area contributed by atoms with Crippen molar-refractivity contribution in [3.63, 3.8) is 0 Å². The first-order valence-corrected chi connectivity index (χ1v) is 7.80. The second-order valence-corrected chi connectivity index (χ2v) is 6.37. The van der Waals surface area contributed by atoms with Gasteiger partial charge >= 0.3 is 0 Å². The number of aryl methyl sites for hydroxylation is 1. The summed E-state index contributed by atoms with van der Waals surface area (Å²) in [5.74, 6) is -0.00222. The van der Waals surface area contributed by atoms with Gasteiger partial charge in [0.2, 0.25) is 0 Å². The first-order valence-electron chi connectivity index (χ1n) is 7.01. The lowest BCUT2D eigenvalue weighted by molar-refractivity contribution is 0.0644. The van der Waals surface area contributed by atoms with Gasteiger partial charge in [-0.25, -0.2) is 0 Å². The van der Waals surface area contributed by atoms with E-state index in [0.717, 1.165) is 11.0 Å². The molecule has 110 valence electrons. The summed E-state index contributed by atoms with van der Waals surface area (Å²) in [5, 5.41) is 0.